The van der Waals surface area contributed by atoms with Crippen LogP contribution < -0.4 is 5.32 Å². The van der Waals surface area contributed by atoms with Crippen LogP contribution in [-0.4, -0.2) is 32.0 Å². The summed E-state index contributed by atoms with van der Waals surface area (Å²) in [5.74, 6) is 0.680. The lowest BCUT2D eigenvalue weighted by Gasteiger charge is -2.05. The molecule has 0 aliphatic rings. The molecule has 1 heterocycles. The van der Waals surface area contributed by atoms with Gasteiger partial charge in [0.05, 0.1) is 12.2 Å². The smallest absolute Gasteiger partial charge is 0.221 e. The fourth-order valence-electron chi connectivity index (χ4n) is 1.45. The van der Waals surface area contributed by atoms with E-state index < -0.39 is 0 Å². The standard InChI is InChI=1S/C11H11Cl2N5O/c12-6-5-11(19)14-7-10-15-16-17-18(10)9-3-1-8(13)2-4-9/h1-4H,5-7H2,(H,14,19). The Kier molecular flexibility index (Phi) is 4.70. The first kappa shape index (κ1) is 13.8. The van der Waals surface area contributed by atoms with Gasteiger partial charge in [-0.15, -0.1) is 16.7 Å². The highest BCUT2D eigenvalue weighted by Gasteiger charge is 2.09. The van der Waals surface area contributed by atoms with Gasteiger partial charge in [-0.25, -0.2) is 0 Å². The van der Waals surface area contributed by atoms with Crippen LogP contribution in [0.5, 0.6) is 0 Å². The van der Waals surface area contributed by atoms with Crippen molar-refractivity contribution in [2.45, 2.75) is 13.0 Å². The van der Waals surface area contributed by atoms with Crippen LogP contribution in [0.4, 0.5) is 0 Å². The van der Waals surface area contributed by atoms with E-state index in [-0.39, 0.29) is 24.8 Å². The van der Waals surface area contributed by atoms with E-state index in [4.69, 9.17) is 23.2 Å². The van der Waals surface area contributed by atoms with E-state index in [9.17, 15) is 4.79 Å². The van der Waals surface area contributed by atoms with Gasteiger partial charge in [0.15, 0.2) is 5.82 Å². The molecule has 19 heavy (non-hydrogen) atoms. The lowest BCUT2D eigenvalue weighted by atomic mass is 10.3. The van der Waals surface area contributed by atoms with E-state index in [2.05, 4.69) is 20.8 Å². The van der Waals surface area contributed by atoms with Gasteiger partial charge in [0.2, 0.25) is 5.91 Å². The van der Waals surface area contributed by atoms with Gasteiger partial charge in [-0.2, -0.15) is 4.68 Å². The van der Waals surface area contributed by atoms with Crippen molar-refractivity contribution in [2.24, 2.45) is 0 Å². The van der Waals surface area contributed by atoms with Crippen molar-refractivity contribution in [3.05, 3.63) is 35.1 Å². The molecule has 1 amide bonds. The number of tetrazole rings is 1. The molecule has 0 atom stereocenters. The van der Waals surface area contributed by atoms with Gasteiger partial charge in [-0.1, -0.05) is 11.6 Å². The summed E-state index contributed by atoms with van der Waals surface area (Å²) in [6.07, 6.45) is 0.268. The number of benzene rings is 1. The lowest BCUT2D eigenvalue weighted by Crippen LogP contribution is -2.24. The summed E-state index contributed by atoms with van der Waals surface area (Å²) >= 11 is 11.3. The quantitative estimate of drug-likeness (QED) is 0.851. The van der Waals surface area contributed by atoms with Crippen LogP contribution in [0.1, 0.15) is 12.2 Å². The Balaban J connectivity index is 2.09. The minimum atomic E-state index is -0.138. The van der Waals surface area contributed by atoms with Gasteiger partial charge in [0.1, 0.15) is 0 Å². The third kappa shape index (κ3) is 3.65. The van der Waals surface area contributed by atoms with E-state index in [1.54, 1.807) is 24.3 Å². The Hall–Kier alpha value is -1.66. The summed E-state index contributed by atoms with van der Waals surface area (Å²) < 4.78 is 1.54. The Morgan fingerprint density at radius 2 is 2.05 bits per heavy atom. The number of aromatic nitrogens is 4. The highest BCUT2D eigenvalue weighted by molar-refractivity contribution is 6.30. The number of amides is 1. The predicted molar refractivity (Wildman–Crippen MR) is 71.3 cm³/mol. The van der Waals surface area contributed by atoms with Gasteiger partial charge in [-0.05, 0) is 34.7 Å². The molecule has 0 radical (unpaired) electrons. The Morgan fingerprint density at radius 1 is 1.32 bits per heavy atom. The predicted octanol–water partition coefficient (Wildman–Crippen LogP) is 1.56. The number of carbonyl (C=O) groups is 1. The fraction of sp³-hybridized carbons (Fsp3) is 0.273. The molecule has 0 saturated heterocycles. The van der Waals surface area contributed by atoms with Gasteiger partial charge >= 0.3 is 0 Å². The maximum atomic E-state index is 11.3. The molecular weight excluding hydrogens is 289 g/mol. The second-order valence-electron chi connectivity index (χ2n) is 3.70. The van der Waals surface area contributed by atoms with E-state index in [1.165, 1.54) is 4.68 Å². The molecule has 0 bridgehead atoms. The van der Waals surface area contributed by atoms with E-state index >= 15 is 0 Å². The highest BCUT2D eigenvalue weighted by Crippen LogP contribution is 2.13. The number of nitrogens with one attached hydrogen (secondary N) is 1. The summed E-state index contributed by atoms with van der Waals surface area (Å²) in [5.41, 5.74) is 0.774. The molecule has 0 spiro atoms. The SMILES string of the molecule is O=C(CCCl)NCc1nnnn1-c1ccc(Cl)cc1. The lowest BCUT2D eigenvalue weighted by molar-refractivity contribution is -0.120. The largest absolute Gasteiger partial charge is 0.349 e. The van der Waals surface area contributed by atoms with Crippen LogP contribution in [0.25, 0.3) is 5.69 Å². The molecule has 0 aliphatic heterocycles. The topological polar surface area (TPSA) is 72.7 Å². The van der Waals surface area contributed by atoms with Crippen molar-refractivity contribution in [1.29, 1.82) is 0 Å². The van der Waals surface area contributed by atoms with Crippen LogP contribution in [0.15, 0.2) is 24.3 Å². The van der Waals surface area contributed by atoms with Crippen LogP contribution >= 0.6 is 23.2 Å². The zero-order valence-electron chi connectivity index (χ0n) is 9.88. The summed E-state index contributed by atoms with van der Waals surface area (Å²) in [6.45, 7) is 0.241. The van der Waals surface area contributed by atoms with Crippen LogP contribution in [-0.2, 0) is 11.3 Å². The summed E-state index contributed by atoms with van der Waals surface area (Å²) in [7, 11) is 0. The van der Waals surface area contributed by atoms with E-state index in [0.29, 0.717) is 10.8 Å². The molecular formula is C11H11Cl2N5O. The van der Waals surface area contributed by atoms with Gasteiger partial charge in [0.25, 0.3) is 0 Å². The molecule has 0 aliphatic carbocycles. The van der Waals surface area contributed by atoms with Crippen molar-refractivity contribution >= 4 is 29.1 Å². The van der Waals surface area contributed by atoms with Crippen molar-refractivity contribution < 1.29 is 4.79 Å². The molecule has 100 valence electrons. The molecule has 2 rings (SSSR count). The Labute approximate surface area is 119 Å². The number of hydrogen-bond acceptors (Lipinski definition) is 4. The number of nitrogens with zero attached hydrogens (tertiary/aromatic N) is 4. The van der Waals surface area contributed by atoms with Gasteiger partial charge < -0.3 is 5.32 Å². The molecule has 1 aromatic carbocycles. The molecule has 0 fully saturated rings. The average Bonchev–Trinajstić information content (AvgIpc) is 2.86. The first-order valence-electron chi connectivity index (χ1n) is 5.56. The fourth-order valence-corrected chi connectivity index (χ4v) is 1.75. The zero-order valence-corrected chi connectivity index (χ0v) is 11.4. The van der Waals surface area contributed by atoms with Crippen LogP contribution in [0.3, 0.4) is 0 Å². The van der Waals surface area contributed by atoms with Crippen molar-refractivity contribution in [3.63, 3.8) is 0 Å². The molecule has 1 N–H and O–H groups in total. The second-order valence-corrected chi connectivity index (χ2v) is 4.51. The molecule has 2 aromatic rings. The number of carbonyl (C=O) groups excluding carboxylic acids is 1. The first-order chi connectivity index (χ1) is 9.20. The normalized spacial score (nSPS) is 10.4. The van der Waals surface area contributed by atoms with Crippen molar-refractivity contribution in [2.75, 3.05) is 5.88 Å². The molecule has 6 nitrogen and oxygen atoms in total. The van der Waals surface area contributed by atoms with E-state index in [1.807, 2.05) is 0 Å². The Morgan fingerprint density at radius 3 is 2.74 bits per heavy atom. The van der Waals surface area contributed by atoms with E-state index in [0.717, 1.165) is 5.69 Å². The molecule has 8 heteroatoms. The Bertz CT molecular complexity index is 554. The van der Waals surface area contributed by atoms with Crippen LogP contribution in [0, 0.1) is 0 Å². The third-order valence-corrected chi connectivity index (χ3v) is 2.81. The summed E-state index contributed by atoms with van der Waals surface area (Å²) in [6, 6.07) is 7.08. The first-order valence-corrected chi connectivity index (χ1v) is 6.48. The third-order valence-electron chi connectivity index (χ3n) is 2.37. The number of alkyl halides is 1. The zero-order chi connectivity index (χ0) is 13.7. The number of hydrogen-bond donors (Lipinski definition) is 1. The summed E-state index contributed by atoms with van der Waals surface area (Å²) in [5, 5.41) is 14.7. The maximum absolute atomic E-state index is 11.3. The second kappa shape index (κ2) is 6.49. The number of rotatable bonds is 5. The molecule has 0 saturated carbocycles. The highest BCUT2D eigenvalue weighted by atomic mass is 35.5. The van der Waals surface area contributed by atoms with Crippen molar-refractivity contribution in [1.82, 2.24) is 25.5 Å². The molecule has 1 aromatic heterocycles. The van der Waals surface area contributed by atoms with Gasteiger partial charge in [-0.3, -0.25) is 4.79 Å². The average molecular weight is 300 g/mol. The maximum Gasteiger partial charge on any atom is 0.221 e. The molecule has 0 unspecified atom stereocenters. The number of halogens is 2. The minimum Gasteiger partial charge on any atom is -0.349 e. The minimum absolute atomic E-state index is 0.138. The van der Waals surface area contributed by atoms with Crippen LogP contribution in [0.2, 0.25) is 5.02 Å². The monoisotopic (exact) mass is 299 g/mol. The van der Waals surface area contributed by atoms with Crippen molar-refractivity contribution in [3.8, 4) is 5.69 Å². The summed E-state index contributed by atoms with van der Waals surface area (Å²) in [4.78, 5) is 11.3. The van der Waals surface area contributed by atoms with Gasteiger partial charge in [0, 0.05) is 17.3 Å².